The van der Waals surface area contributed by atoms with Crippen LogP contribution in [-0.2, 0) is 6.54 Å². The first-order chi connectivity index (χ1) is 11.6. The highest BCUT2D eigenvalue weighted by Gasteiger charge is 2.31. The molecule has 2 atom stereocenters. The van der Waals surface area contributed by atoms with Crippen molar-refractivity contribution in [3.8, 4) is 5.75 Å². The van der Waals surface area contributed by atoms with Gasteiger partial charge in [-0.1, -0.05) is 0 Å². The number of rotatable bonds is 5. The van der Waals surface area contributed by atoms with Crippen molar-refractivity contribution in [2.45, 2.75) is 58.7 Å². The van der Waals surface area contributed by atoms with E-state index in [2.05, 4.69) is 20.6 Å². The summed E-state index contributed by atoms with van der Waals surface area (Å²) in [5.74, 6) is 0.635. The van der Waals surface area contributed by atoms with Gasteiger partial charge in [0, 0.05) is 6.54 Å². The van der Waals surface area contributed by atoms with Gasteiger partial charge in [-0.2, -0.15) is 15.3 Å². The summed E-state index contributed by atoms with van der Waals surface area (Å²) in [6.07, 6.45) is 6.45. The molecular weight excluding hydrogens is 306 g/mol. The fourth-order valence-electron chi connectivity index (χ4n) is 3.01. The first-order valence-electron chi connectivity index (χ1n) is 8.37. The van der Waals surface area contributed by atoms with Crippen LogP contribution in [0.4, 0.5) is 0 Å². The maximum atomic E-state index is 12.6. The predicted octanol–water partition coefficient (Wildman–Crippen LogP) is 2.04. The second kappa shape index (κ2) is 6.98. The number of nitrogens with one attached hydrogen (secondary N) is 1. The first kappa shape index (κ1) is 16.4. The lowest BCUT2D eigenvalue weighted by atomic mass is 10.1. The molecule has 24 heavy (non-hydrogen) atoms. The average Bonchev–Trinajstić information content (AvgIpc) is 3.20. The van der Waals surface area contributed by atoms with E-state index >= 15 is 0 Å². The van der Waals surface area contributed by atoms with Gasteiger partial charge in [0.1, 0.15) is 6.10 Å². The largest absolute Gasteiger partial charge is 0.485 e. The standard InChI is InChI=1S/C17H23N5O2/c1-4-22-10-13(9-18-22)24-16-7-5-6-15(16)19-17(23)14-8-11(2)20-21-12(14)3/h8-10,15-16H,4-7H2,1-3H3,(H,19,23)/t15-,16+/m0/s1. The van der Waals surface area contributed by atoms with Crippen LogP contribution in [0.15, 0.2) is 18.5 Å². The van der Waals surface area contributed by atoms with Gasteiger partial charge in [0.2, 0.25) is 0 Å². The van der Waals surface area contributed by atoms with Gasteiger partial charge in [0.05, 0.1) is 35.4 Å². The maximum Gasteiger partial charge on any atom is 0.253 e. The molecule has 0 bridgehead atoms. The summed E-state index contributed by atoms with van der Waals surface area (Å²) >= 11 is 0. The molecule has 1 amide bonds. The summed E-state index contributed by atoms with van der Waals surface area (Å²) in [5.41, 5.74) is 1.95. The van der Waals surface area contributed by atoms with E-state index in [-0.39, 0.29) is 18.1 Å². The van der Waals surface area contributed by atoms with Crippen LogP contribution < -0.4 is 10.1 Å². The Bertz CT molecular complexity index is 728. The van der Waals surface area contributed by atoms with Gasteiger partial charge in [-0.25, -0.2) is 0 Å². The molecule has 1 aliphatic carbocycles. The zero-order chi connectivity index (χ0) is 17.1. The van der Waals surface area contributed by atoms with Crippen LogP contribution in [0.5, 0.6) is 5.75 Å². The lowest BCUT2D eigenvalue weighted by molar-refractivity contribution is 0.0892. The molecule has 1 fully saturated rings. The Balaban J connectivity index is 1.67. The topological polar surface area (TPSA) is 81.9 Å². The zero-order valence-corrected chi connectivity index (χ0v) is 14.3. The third-order valence-electron chi connectivity index (χ3n) is 4.34. The molecule has 2 aromatic rings. The van der Waals surface area contributed by atoms with Crippen LogP contribution >= 0.6 is 0 Å². The van der Waals surface area contributed by atoms with E-state index in [9.17, 15) is 4.79 Å². The number of aromatic nitrogens is 4. The number of amides is 1. The fourth-order valence-corrected chi connectivity index (χ4v) is 3.01. The third-order valence-corrected chi connectivity index (χ3v) is 4.34. The molecule has 1 aliphatic rings. The summed E-state index contributed by atoms with van der Waals surface area (Å²) in [7, 11) is 0. The van der Waals surface area contributed by atoms with Crippen molar-refractivity contribution in [2.24, 2.45) is 0 Å². The fraction of sp³-hybridized carbons (Fsp3) is 0.529. The average molecular weight is 329 g/mol. The monoisotopic (exact) mass is 329 g/mol. The number of ether oxygens (including phenoxy) is 1. The molecular formula is C17H23N5O2. The molecule has 0 aliphatic heterocycles. The molecule has 1 N–H and O–H groups in total. The molecule has 0 saturated heterocycles. The van der Waals surface area contributed by atoms with Crippen molar-refractivity contribution >= 4 is 5.91 Å². The summed E-state index contributed by atoms with van der Waals surface area (Å²) in [6, 6.07) is 1.77. The first-order valence-corrected chi connectivity index (χ1v) is 8.37. The molecule has 2 aromatic heterocycles. The molecule has 128 valence electrons. The number of aryl methyl sites for hydroxylation is 3. The predicted molar refractivity (Wildman–Crippen MR) is 88.9 cm³/mol. The molecule has 2 heterocycles. The highest BCUT2D eigenvalue weighted by molar-refractivity contribution is 5.95. The van der Waals surface area contributed by atoms with Crippen LogP contribution in [0.1, 0.15) is 47.9 Å². The Hall–Kier alpha value is -2.44. The number of hydrogen-bond donors (Lipinski definition) is 1. The molecule has 1 saturated carbocycles. The normalized spacial score (nSPS) is 20.1. The Morgan fingerprint density at radius 2 is 2.21 bits per heavy atom. The van der Waals surface area contributed by atoms with Crippen LogP contribution in [0.3, 0.4) is 0 Å². The summed E-state index contributed by atoms with van der Waals surface area (Å²) in [4.78, 5) is 12.6. The highest BCUT2D eigenvalue weighted by atomic mass is 16.5. The van der Waals surface area contributed by atoms with Crippen LogP contribution in [0.25, 0.3) is 0 Å². The maximum absolute atomic E-state index is 12.6. The Morgan fingerprint density at radius 3 is 2.96 bits per heavy atom. The van der Waals surface area contributed by atoms with Crippen molar-refractivity contribution in [1.82, 2.24) is 25.3 Å². The number of carbonyl (C=O) groups excluding carboxylic acids is 1. The summed E-state index contributed by atoms with van der Waals surface area (Å²) in [6.45, 7) is 6.46. The van der Waals surface area contributed by atoms with Crippen molar-refractivity contribution in [1.29, 1.82) is 0 Å². The van der Waals surface area contributed by atoms with E-state index in [0.29, 0.717) is 11.3 Å². The summed E-state index contributed by atoms with van der Waals surface area (Å²) < 4.78 is 7.86. The van der Waals surface area contributed by atoms with E-state index in [1.807, 2.05) is 24.7 Å². The van der Waals surface area contributed by atoms with Gasteiger partial charge < -0.3 is 10.1 Å². The molecule has 0 aromatic carbocycles. The van der Waals surface area contributed by atoms with E-state index in [4.69, 9.17) is 4.74 Å². The minimum Gasteiger partial charge on any atom is -0.485 e. The summed E-state index contributed by atoms with van der Waals surface area (Å²) in [5, 5.41) is 15.3. The Morgan fingerprint density at radius 1 is 1.38 bits per heavy atom. The van der Waals surface area contributed by atoms with E-state index < -0.39 is 0 Å². The highest BCUT2D eigenvalue weighted by Crippen LogP contribution is 2.25. The smallest absolute Gasteiger partial charge is 0.253 e. The molecule has 0 radical (unpaired) electrons. The molecule has 3 rings (SSSR count). The van der Waals surface area contributed by atoms with Crippen LogP contribution in [0, 0.1) is 13.8 Å². The Labute approximate surface area is 141 Å². The van der Waals surface area contributed by atoms with Gasteiger partial charge in [0.25, 0.3) is 5.91 Å². The molecule has 7 nitrogen and oxygen atoms in total. The lowest BCUT2D eigenvalue weighted by Gasteiger charge is -2.22. The number of carbonyl (C=O) groups is 1. The van der Waals surface area contributed by atoms with Gasteiger partial charge in [-0.05, 0) is 46.1 Å². The zero-order valence-electron chi connectivity index (χ0n) is 14.3. The van der Waals surface area contributed by atoms with Gasteiger partial charge >= 0.3 is 0 Å². The number of nitrogens with zero attached hydrogens (tertiary/aromatic N) is 4. The van der Waals surface area contributed by atoms with Crippen LogP contribution in [-0.4, -0.2) is 38.0 Å². The SMILES string of the molecule is CCn1cc(O[C@@H]2CCC[C@@H]2NC(=O)c2cc(C)nnc2C)cn1. The minimum atomic E-state index is -0.116. The van der Waals surface area contributed by atoms with Crippen molar-refractivity contribution in [2.75, 3.05) is 0 Å². The molecule has 0 spiro atoms. The second-order valence-corrected chi connectivity index (χ2v) is 6.18. The van der Waals surface area contributed by atoms with Gasteiger partial charge in [-0.3, -0.25) is 9.48 Å². The second-order valence-electron chi connectivity index (χ2n) is 6.18. The molecule has 0 unspecified atom stereocenters. The van der Waals surface area contributed by atoms with Crippen molar-refractivity contribution in [3.05, 3.63) is 35.4 Å². The van der Waals surface area contributed by atoms with Crippen molar-refractivity contribution < 1.29 is 9.53 Å². The Kier molecular flexibility index (Phi) is 4.78. The van der Waals surface area contributed by atoms with Crippen molar-refractivity contribution in [3.63, 3.8) is 0 Å². The van der Waals surface area contributed by atoms with Gasteiger partial charge in [0.15, 0.2) is 5.75 Å². The minimum absolute atomic E-state index is 0.00431. The van der Waals surface area contributed by atoms with Crippen LogP contribution in [0.2, 0.25) is 0 Å². The lowest BCUT2D eigenvalue weighted by Crippen LogP contribution is -2.42. The van der Waals surface area contributed by atoms with Gasteiger partial charge in [-0.15, -0.1) is 0 Å². The quantitative estimate of drug-likeness (QED) is 0.908. The van der Waals surface area contributed by atoms with E-state index in [1.54, 1.807) is 19.2 Å². The number of hydrogen-bond acceptors (Lipinski definition) is 5. The molecule has 7 heteroatoms. The van der Waals surface area contributed by atoms with E-state index in [0.717, 1.165) is 37.3 Å². The van der Waals surface area contributed by atoms with E-state index in [1.165, 1.54) is 0 Å². The third kappa shape index (κ3) is 3.55.